The molecule has 0 fully saturated rings. The van der Waals surface area contributed by atoms with Crippen LogP contribution in [-0.2, 0) is 6.42 Å². The quantitative estimate of drug-likeness (QED) is 0.497. The molecule has 0 saturated heterocycles. The molecule has 1 aromatic carbocycles. The van der Waals surface area contributed by atoms with Crippen molar-refractivity contribution in [2.75, 3.05) is 0 Å². The van der Waals surface area contributed by atoms with Crippen LogP contribution < -0.4 is 0 Å². The molecule has 0 radical (unpaired) electrons. The average Bonchev–Trinajstić information content (AvgIpc) is 2.15. The van der Waals surface area contributed by atoms with Crippen molar-refractivity contribution in [3.8, 4) is 17.8 Å². The minimum absolute atomic E-state index is 0.0225. The molecule has 1 aromatic rings. The summed E-state index contributed by atoms with van der Waals surface area (Å²) in [5.41, 5.74) is 0.813. The lowest BCUT2D eigenvalue weighted by molar-refractivity contribution is 0.399. The summed E-state index contributed by atoms with van der Waals surface area (Å²) in [6.07, 6.45) is 2.53. The number of phenolic OH excluding ortho intramolecular Hbond substituents is 2. The standard InChI is InChI=1S/C9H12O2.CHNO/c1-2-4-7-5-3-6-8(10)9(7)11;2-1-3/h3,5-6,10-11H,2,4H2,1H3;3H. The first kappa shape index (κ1) is 12.1. The molecule has 1 rings (SSSR count). The van der Waals surface area contributed by atoms with Crippen LogP contribution in [0.15, 0.2) is 18.2 Å². The summed E-state index contributed by atoms with van der Waals surface area (Å²) in [5.74, 6) is -0.00898. The van der Waals surface area contributed by atoms with Crippen molar-refractivity contribution in [2.24, 2.45) is 0 Å². The number of aromatic hydroxyl groups is 2. The summed E-state index contributed by atoms with van der Waals surface area (Å²) in [7, 11) is 0. The molecule has 0 saturated carbocycles. The maximum absolute atomic E-state index is 9.28. The van der Waals surface area contributed by atoms with Gasteiger partial charge in [0.05, 0.1) is 0 Å². The Morgan fingerprint density at radius 3 is 2.43 bits per heavy atom. The number of aliphatic hydroxyl groups is 1. The first-order valence-electron chi connectivity index (χ1n) is 4.20. The van der Waals surface area contributed by atoms with E-state index in [0.29, 0.717) is 0 Å². The van der Waals surface area contributed by atoms with Crippen molar-refractivity contribution in [3.63, 3.8) is 0 Å². The van der Waals surface area contributed by atoms with Crippen LogP contribution in [0.4, 0.5) is 0 Å². The summed E-state index contributed by atoms with van der Waals surface area (Å²) >= 11 is 0. The van der Waals surface area contributed by atoms with E-state index in [4.69, 9.17) is 15.5 Å². The number of para-hydroxylation sites is 1. The van der Waals surface area contributed by atoms with Gasteiger partial charge in [0.1, 0.15) is 0 Å². The number of phenols is 2. The summed E-state index contributed by atoms with van der Waals surface area (Å²) < 4.78 is 0. The van der Waals surface area contributed by atoms with Crippen molar-refractivity contribution >= 4 is 0 Å². The molecular formula is C10H13NO3. The highest BCUT2D eigenvalue weighted by Gasteiger charge is 2.02. The van der Waals surface area contributed by atoms with Crippen LogP contribution in [0, 0.1) is 11.5 Å². The molecule has 14 heavy (non-hydrogen) atoms. The predicted molar refractivity (Wildman–Crippen MR) is 51.3 cm³/mol. The molecule has 0 amide bonds. The van der Waals surface area contributed by atoms with Gasteiger partial charge in [-0.15, -0.1) is 0 Å². The Kier molecular flexibility index (Phi) is 5.72. The van der Waals surface area contributed by atoms with Gasteiger partial charge < -0.3 is 15.3 Å². The monoisotopic (exact) mass is 195 g/mol. The lowest BCUT2D eigenvalue weighted by atomic mass is 10.1. The van der Waals surface area contributed by atoms with Gasteiger partial charge in [-0.3, -0.25) is 0 Å². The van der Waals surface area contributed by atoms with Crippen molar-refractivity contribution in [3.05, 3.63) is 23.8 Å². The smallest absolute Gasteiger partial charge is 0.283 e. The Hall–Kier alpha value is -1.89. The fraction of sp³-hybridized carbons (Fsp3) is 0.300. The molecule has 0 aliphatic heterocycles. The lowest BCUT2D eigenvalue weighted by Gasteiger charge is -2.03. The van der Waals surface area contributed by atoms with E-state index in [9.17, 15) is 5.11 Å². The molecule has 0 spiro atoms. The normalized spacial score (nSPS) is 8.29. The summed E-state index contributed by atoms with van der Waals surface area (Å²) in [6, 6.07) is 5.03. The number of rotatable bonds is 2. The van der Waals surface area contributed by atoms with Gasteiger partial charge in [0, 0.05) is 0 Å². The number of aryl methyl sites for hydroxylation is 1. The molecule has 0 aromatic heterocycles. The Balaban J connectivity index is 0.000000500. The molecule has 0 bridgehead atoms. The van der Waals surface area contributed by atoms with Gasteiger partial charge in [-0.05, 0) is 18.1 Å². The van der Waals surface area contributed by atoms with E-state index in [1.165, 1.54) is 6.07 Å². The van der Waals surface area contributed by atoms with Crippen LogP contribution >= 0.6 is 0 Å². The molecule has 0 heterocycles. The van der Waals surface area contributed by atoms with Crippen LogP contribution in [0.5, 0.6) is 11.5 Å². The summed E-state index contributed by atoms with van der Waals surface area (Å²) in [4.78, 5) is 0. The number of hydrogen-bond donors (Lipinski definition) is 3. The van der Waals surface area contributed by atoms with Gasteiger partial charge in [0.25, 0.3) is 6.26 Å². The van der Waals surface area contributed by atoms with E-state index in [-0.39, 0.29) is 11.5 Å². The van der Waals surface area contributed by atoms with Crippen LogP contribution in [0.2, 0.25) is 0 Å². The van der Waals surface area contributed by atoms with Gasteiger partial charge in [-0.1, -0.05) is 25.5 Å². The molecule has 4 heteroatoms. The zero-order valence-electron chi connectivity index (χ0n) is 7.94. The van der Waals surface area contributed by atoms with Gasteiger partial charge >= 0.3 is 0 Å². The second kappa shape index (κ2) is 6.61. The maximum Gasteiger partial charge on any atom is 0.283 e. The number of hydrogen-bond acceptors (Lipinski definition) is 4. The van der Waals surface area contributed by atoms with Crippen LogP contribution in [-0.4, -0.2) is 15.3 Å². The second-order valence-corrected chi connectivity index (χ2v) is 2.63. The fourth-order valence-corrected chi connectivity index (χ4v) is 1.05. The Morgan fingerprint density at radius 1 is 1.36 bits per heavy atom. The SMILES string of the molecule is CCCc1cccc(O)c1O.N#CO. The molecular weight excluding hydrogens is 182 g/mol. The molecule has 0 atom stereocenters. The van der Waals surface area contributed by atoms with Crippen LogP contribution in [0.1, 0.15) is 18.9 Å². The molecule has 0 aliphatic carbocycles. The number of benzene rings is 1. The first-order chi connectivity index (χ1) is 6.67. The predicted octanol–water partition coefficient (Wildman–Crippen LogP) is 1.89. The maximum atomic E-state index is 9.28. The minimum atomic E-state index is -0.0315. The number of nitrogens with zero attached hydrogens (tertiary/aromatic N) is 1. The van der Waals surface area contributed by atoms with E-state index in [0.717, 1.165) is 24.7 Å². The summed E-state index contributed by atoms with van der Waals surface area (Å²) in [5, 5.41) is 32.1. The summed E-state index contributed by atoms with van der Waals surface area (Å²) in [6.45, 7) is 2.03. The Labute approximate surface area is 82.7 Å². The van der Waals surface area contributed by atoms with Crippen molar-refractivity contribution in [1.82, 2.24) is 0 Å². The third kappa shape index (κ3) is 3.68. The fourth-order valence-electron chi connectivity index (χ4n) is 1.05. The van der Waals surface area contributed by atoms with Gasteiger partial charge in [0.15, 0.2) is 11.5 Å². The molecule has 0 aliphatic rings. The Bertz CT molecular complexity index is 318. The van der Waals surface area contributed by atoms with E-state index in [2.05, 4.69) is 0 Å². The molecule has 3 N–H and O–H groups in total. The zero-order valence-corrected chi connectivity index (χ0v) is 7.94. The van der Waals surface area contributed by atoms with Gasteiger partial charge in [-0.2, -0.15) is 5.26 Å². The van der Waals surface area contributed by atoms with E-state index >= 15 is 0 Å². The van der Waals surface area contributed by atoms with Crippen molar-refractivity contribution < 1.29 is 15.3 Å². The van der Waals surface area contributed by atoms with E-state index in [1.54, 1.807) is 6.07 Å². The van der Waals surface area contributed by atoms with Gasteiger partial charge in [0.2, 0.25) is 0 Å². The van der Waals surface area contributed by atoms with Crippen LogP contribution in [0.25, 0.3) is 0 Å². The number of nitriles is 1. The highest BCUT2D eigenvalue weighted by molar-refractivity contribution is 5.44. The van der Waals surface area contributed by atoms with E-state index in [1.807, 2.05) is 13.0 Å². The van der Waals surface area contributed by atoms with Gasteiger partial charge in [-0.25, -0.2) is 0 Å². The third-order valence-corrected chi connectivity index (χ3v) is 1.62. The first-order valence-corrected chi connectivity index (χ1v) is 4.20. The van der Waals surface area contributed by atoms with Crippen molar-refractivity contribution in [1.29, 1.82) is 5.26 Å². The lowest BCUT2D eigenvalue weighted by Crippen LogP contribution is -1.83. The average molecular weight is 195 g/mol. The number of aliphatic hydroxyl groups excluding tert-OH is 1. The molecule has 76 valence electrons. The van der Waals surface area contributed by atoms with E-state index < -0.39 is 0 Å². The Morgan fingerprint density at radius 2 is 1.93 bits per heavy atom. The third-order valence-electron chi connectivity index (χ3n) is 1.62. The minimum Gasteiger partial charge on any atom is -0.504 e. The highest BCUT2D eigenvalue weighted by atomic mass is 16.3. The highest BCUT2D eigenvalue weighted by Crippen LogP contribution is 2.28. The van der Waals surface area contributed by atoms with Crippen molar-refractivity contribution in [2.45, 2.75) is 19.8 Å². The zero-order chi connectivity index (χ0) is 11.0. The molecule has 4 nitrogen and oxygen atoms in total. The van der Waals surface area contributed by atoms with Crippen LogP contribution in [0.3, 0.4) is 0 Å². The molecule has 0 unspecified atom stereocenters. The largest absolute Gasteiger partial charge is 0.504 e. The topological polar surface area (TPSA) is 84.5 Å². The second-order valence-electron chi connectivity index (χ2n) is 2.63.